The fourth-order valence-electron chi connectivity index (χ4n) is 2.02. The summed E-state index contributed by atoms with van der Waals surface area (Å²) in [4.78, 5) is 4.35. The third-order valence-corrected chi connectivity index (χ3v) is 3.08. The molecule has 0 aliphatic carbocycles. The van der Waals surface area contributed by atoms with E-state index in [1.165, 1.54) is 0 Å². The van der Waals surface area contributed by atoms with Crippen LogP contribution in [0.25, 0.3) is 17.0 Å². The zero-order valence-corrected chi connectivity index (χ0v) is 11.8. The van der Waals surface area contributed by atoms with Crippen LogP contribution in [0.3, 0.4) is 0 Å². The smallest absolute Gasteiger partial charge is 0.261 e. The molecule has 1 atom stereocenters. The Labute approximate surface area is 121 Å². The van der Waals surface area contributed by atoms with Gasteiger partial charge in [-0.15, -0.1) is 0 Å². The fourth-order valence-corrected chi connectivity index (χ4v) is 2.02. The molecule has 0 amide bonds. The summed E-state index contributed by atoms with van der Waals surface area (Å²) in [6.45, 7) is 3.09. The van der Waals surface area contributed by atoms with Crippen molar-refractivity contribution in [3.8, 4) is 11.5 Å². The van der Waals surface area contributed by atoms with Crippen LogP contribution in [0.4, 0.5) is 0 Å². The van der Waals surface area contributed by atoms with Gasteiger partial charge in [0.05, 0.1) is 29.9 Å². The molecule has 7 heteroatoms. The highest BCUT2D eigenvalue weighted by atomic mass is 16.5. The molecule has 3 heterocycles. The summed E-state index contributed by atoms with van der Waals surface area (Å²) in [5.74, 6) is 0.855. The van der Waals surface area contributed by atoms with E-state index < -0.39 is 6.04 Å². The van der Waals surface area contributed by atoms with E-state index in [0.717, 1.165) is 17.5 Å². The van der Waals surface area contributed by atoms with Crippen molar-refractivity contribution in [1.82, 2.24) is 19.8 Å². The van der Waals surface area contributed by atoms with Crippen LogP contribution >= 0.6 is 0 Å². The van der Waals surface area contributed by atoms with Gasteiger partial charge in [-0.25, -0.2) is 4.52 Å². The lowest BCUT2D eigenvalue weighted by molar-refractivity contribution is 0.119. The average molecular weight is 287 g/mol. The molecule has 21 heavy (non-hydrogen) atoms. The van der Waals surface area contributed by atoms with Crippen LogP contribution in [0.2, 0.25) is 0 Å². The summed E-state index contributed by atoms with van der Waals surface area (Å²) in [6, 6.07) is 5.39. The molecule has 0 aromatic carbocycles. The first-order valence-corrected chi connectivity index (χ1v) is 6.89. The van der Waals surface area contributed by atoms with Crippen LogP contribution in [-0.2, 0) is 4.74 Å². The third kappa shape index (κ3) is 2.79. The van der Waals surface area contributed by atoms with Crippen molar-refractivity contribution in [3.63, 3.8) is 0 Å². The molecule has 1 unspecified atom stereocenters. The van der Waals surface area contributed by atoms with Crippen molar-refractivity contribution in [3.05, 3.63) is 36.4 Å². The summed E-state index contributed by atoms with van der Waals surface area (Å²) in [5.41, 5.74) is 7.68. The predicted octanol–water partition coefficient (Wildman–Crippen LogP) is 1.81. The Morgan fingerprint density at radius 1 is 1.43 bits per heavy atom. The van der Waals surface area contributed by atoms with Crippen molar-refractivity contribution in [1.29, 1.82) is 0 Å². The molecule has 110 valence electrons. The topological polar surface area (TPSA) is 91.5 Å². The van der Waals surface area contributed by atoms with Crippen LogP contribution in [0.5, 0.6) is 0 Å². The van der Waals surface area contributed by atoms with Crippen molar-refractivity contribution in [2.24, 2.45) is 5.73 Å². The van der Waals surface area contributed by atoms with Gasteiger partial charge in [0.15, 0.2) is 5.82 Å². The molecule has 0 radical (unpaired) electrons. The van der Waals surface area contributed by atoms with E-state index in [-0.39, 0.29) is 0 Å². The molecule has 0 aliphatic rings. The molecule has 0 saturated heterocycles. The third-order valence-electron chi connectivity index (χ3n) is 3.08. The van der Waals surface area contributed by atoms with Gasteiger partial charge in [0.1, 0.15) is 0 Å². The molecule has 3 aromatic heterocycles. The van der Waals surface area contributed by atoms with Gasteiger partial charge in [0, 0.05) is 12.8 Å². The molecule has 0 fully saturated rings. The summed E-state index contributed by atoms with van der Waals surface area (Å²) < 4.78 is 12.5. The monoisotopic (exact) mass is 287 g/mol. The van der Waals surface area contributed by atoms with Gasteiger partial charge in [0.2, 0.25) is 0 Å². The average Bonchev–Trinajstić information content (AvgIpc) is 3.13. The minimum Gasteiger partial charge on any atom is -0.379 e. The Balaban J connectivity index is 1.81. The molecule has 0 saturated carbocycles. The van der Waals surface area contributed by atoms with Crippen LogP contribution < -0.4 is 5.73 Å². The van der Waals surface area contributed by atoms with Crippen molar-refractivity contribution in [2.75, 3.05) is 13.2 Å². The largest absolute Gasteiger partial charge is 0.379 e. The number of hydrogen-bond donors (Lipinski definition) is 1. The maximum absolute atomic E-state index is 5.98. The zero-order valence-electron chi connectivity index (χ0n) is 11.8. The maximum Gasteiger partial charge on any atom is 0.261 e. The normalized spacial score (nSPS) is 12.9. The number of nitrogens with zero attached hydrogens (tertiary/aromatic N) is 4. The summed E-state index contributed by atoms with van der Waals surface area (Å²) >= 11 is 0. The number of fused-ring (bicyclic) bond motifs is 1. The number of pyridine rings is 1. The lowest BCUT2D eigenvalue weighted by Gasteiger charge is -2.06. The van der Waals surface area contributed by atoms with Gasteiger partial charge in [-0.3, -0.25) is 0 Å². The fraction of sp³-hybridized carbons (Fsp3) is 0.357. The second kappa shape index (κ2) is 6.02. The van der Waals surface area contributed by atoms with E-state index in [2.05, 4.69) is 15.2 Å². The highest BCUT2D eigenvalue weighted by Gasteiger charge is 2.18. The second-order valence-corrected chi connectivity index (χ2v) is 4.73. The molecule has 3 aromatic rings. The van der Waals surface area contributed by atoms with Crippen molar-refractivity contribution >= 4 is 5.52 Å². The molecule has 2 N–H and O–H groups in total. The molecule has 7 nitrogen and oxygen atoms in total. The molecule has 0 spiro atoms. The van der Waals surface area contributed by atoms with Gasteiger partial charge < -0.3 is 15.0 Å². The summed E-state index contributed by atoms with van der Waals surface area (Å²) in [5, 5.41) is 8.17. The summed E-state index contributed by atoms with van der Waals surface area (Å²) in [7, 11) is 0. The van der Waals surface area contributed by atoms with Crippen LogP contribution in [-0.4, -0.2) is 33.0 Å². The van der Waals surface area contributed by atoms with Gasteiger partial charge in [0.25, 0.3) is 5.89 Å². The number of ether oxygens (including phenoxy) is 1. The first kappa shape index (κ1) is 13.7. The minimum absolute atomic E-state index is 0.377. The predicted molar refractivity (Wildman–Crippen MR) is 76.5 cm³/mol. The zero-order chi connectivity index (χ0) is 14.7. The van der Waals surface area contributed by atoms with Crippen LogP contribution in [0, 0.1) is 0 Å². The van der Waals surface area contributed by atoms with Gasteiger partial charge in [-0.2, -0.15) is 10.1 Å². The SMILES string of the molecule is CCCOCC(N)c1noc(-c2cnn3ccccc23)n1. The Bertz CT molecular complexity index is 721. The standard InChI is InChI=1S/C14H17N5O2/c1-2-7-20-9-11(15)13-17-14(21-18-13)10-8-16-19-6-4-3-5-12(10)19/h3-6,8,11H,2,7,9,15H2,1H3. The van der Waals surface area contributed by atoms with E-state index in [9.17, 15) is 0 Å². The molecular formula is C14H17N5O2. The van der Waals surface area contributed by atoms with Crippen LogP contribution in [0.1, 0.15) is 25.2 Å². The Morgan fingerprint density at radius 2 is 2.33 bits per heavy atom. The quantitative estimate of drug-likeness (QED) is 0.695. The first-order valence-electron chi connectivity index (χ1n) is 6.89. The lowest BCUT2D eigenvalue weighted by atomic mass is 10.2. The van der Waals surface area contributed by atoms with Crippen LogP contribution in [0.15, 0.2) is 35.1 Å². The van der Waals surface area contributed by atoms with Crippen molar-refractivity contribution in [2.45, 2.75) is 19.4 Å². The van der Waals surface area contributed by atoms with Gasteiger partial charge in [-0.1, -0.05) is 18.1 Å². The molecule has 0 bridgehead atoms. The number of hydrogen-bond acceptors (Lipinski definition) is 6. The highest BCUT2D eigenvalue weighted by Crippen LogP contribution is 2.23. The van der Waals surface area contributed by atoms with Gasteiger partial charge >= 0.3 is 0 Å². The van der Waals surface area contributed by atoms with E-state index in [1.807, 2.05) is 31.3 Å². The number of nitrogens with two attached hydrogens (primary N) is 1. The number of rotatable bonds is 6. The first-order chi connectivity index (χ1) is 10.3. The lowest BCUT2D eigenvalue weighted by Crippen LogP contribution is -2.18. The second-order valence-electron chi connectivity index (χ2n) is 4.73. The molecule has 0 aliphatic heterocycles. The minimum atomic E-state index is -0.393. The molecular weight excluding hydrogens is 270 g/mol. The Kier molecular flexibility index (Phi) is 3.94. The van der Waals surface area contributed by atoms with E-state index >= 15 is 0 Å². The Morgan fingerprint density at radius 3 is 3.19 bits per heavy atom. The summed E-state index contributed by atoms with van der Waals surface area (Å²) in [6.07, 6.45) is 4.51. The Hall–Kier alpha value is -2.25. The maximum atomic E-state index is 5.98. The molecule has 3 rings (SSSR count). The number of aromatic nitrogens is 4. The van der Waals surface area contributed by atoms with E-state index in [0.29, 0.717) is 24.9 Å². The van der Waals surface area contributed by atoms with Gasteiger partial charge in [-0.05, 0) is 18.6 Å². The van der Waals surface area contributed by atoms with E-state index in [1.54, 1.807) is 10.7 Å². The van der Waals surface area contributed by atoms with Crippen molar-refractivity contribution < 1.29 is 9.26 Å². The van der Waals surface area contributed by atoms with E-state index in [4.69, 9.17) is 15.0 Å². The highest BCUT2D eigenvalue weighted by molar-refractivity contribution is 5.74.